The molecule has 1 aliphatic heterocycles. The second kappa shape index (κ2) is 12.0. The van der Waals surface area contributed by atoms with Crippen molar-refractivity contribution in [2.24, 2.45) is 5.92 Å². The summed E-state index contributed by atoms with van der Waals surface area (Å²) in [5.41, 5.74) is 1.52. The zero-order chi connectivity index (χ0) is 23.7. The van der Waals surface area contributed by atoms with E-state index >= 15 is 0 Å². The quantitative estimate of drug-likeness (QED) is 0.298. The Hall–Kier alpha value is -3.10. The maximum absolute atomic E-state index is 6.46. The molecule has 6 rings (SSSR count). The third-order valence-electron chi connectivity index (χ3n) is 7.58. The molecule has 1 saturated heterocycles. The SMILES string of the molecule is c1ccc(C2CCN(CC3CCC(Oc4cccc5ccccc45)C3)CC2)cc1.c1ccccc1. The minimum absolute atomic E-state index is 0.368. The zero-order valence-electron chi connectivity index (χ0n) is 20.6. The molecule has 0 bridgehead atoms. The van der Waals surface area contributed by atoms with Crippen LogP contribution in [0.25, 0.3) is 10.8 Å². The van der Waals surface area contributed by atoms with Gasteiger partial charge in [0, 0.05) is 11.9 Å². The predicted octanol–water partition coefficient (Wildman–Crippen LogP) is 7.95. The average Bonchev–Trinajstić information content (AvgIpc) is 3.38. The van der Waals surface area contributed by atoms with Crippen molar-refractivity contribution < 1.29 is 4.74 Å². The standard InChI is InChI=1S/C27H31NO.C6H6/c1-2-7-22(8-3-1)23-15-17-28(18-16-23)20-21-13-14-25(19-21)29-27-12-6-10-24-9-4-5-11-26(24)27;1-2-4-6-5-3-1/h1-12,21,23,25H,13-20H2;1-6H. The Morgan fingerprint density at radius 2 is 1.26 bits per heavy atom. The van der Waals surface area contributed by atoms with Crippen molar-refractivity contribution in [1.29, 1.82) is 0 Å². The van der Waals surface area contributed by atoms with Gasteiger partial charge in [-0.2, -0.15) is 0 Å². The summed E-state index contributed by atoms with van der Waals surface area (Å²) in [6.45, 7) is 3.73. The molecule has 0 aromatic heterocycles. The van der Waals surface area contributed by atoms with E-state index < -0.39 is 0 Å². The van der Waals surface area contributed by atoms with Crippen molar-refractivity contribution >= 4 is 10.8 Å². The first kappa shape index (κ1) is 23.6. The Balaban J connectivity index is 0.000000371. The minimum Gasteiger partial charge on any atom is -0.490 e. The third kappa shape index (κ3) is 6.52. The number of hydrogen-bond acceptors (Lipinski definition) is 2. The molecule has 180 valence electrons. The van der Waals surface area contributed by atoms with Crippen molar-refractivity contribution in [3.8, 4) is 5.75 Å². The van der Waals surface area contributed by atoms with E-state index in [0.29, 0.717) is 6.10 Å². The van der Waals surface area contributed by atoms with Gasteiger partial charge in [0.05, 0.1) is 6.10 Å². The van der Waals surface area contributed by atoms with Gasteiger partial charge in [0.2, 0.25) is 0 Å². The van der Waals surface area contributed by atoms with Crippen LogP contribution in [0.4, 0.5) is 0 Å². The summed E-state index contributed by atoms with van der Waals surface area (Å²) in [7, 11) is 0. The van der Waals surface area contributed by atoms with Gasteiger partial charge < -0.3 is 9.64 Å². The second-order valence-electron chi connectivity index (χ2n) is 10.0. The van der Waals surface area contributed by atoms with Crippen LogP contribution in [0, 0.1) is 5.92 Å². The smallest absolute Gasteiger partial charge is 0.127 e. The van der Waals surface area contributed by atoms with Crippen LogP contribution < -0.4 is 4.74 Å². The van der Waals surface area contributed by atoms with Gasteiger partial charge in [0.25, 0.3) is 0 Å². The molecule has 2 nitrogen and oxygen atoms in total. The summed E-state index contributed by atoms with van der Waals surface area (Å²) in [5, 5.41) is 2.50. The minimum atomic E-state index is 0.368. The van der Waals surface area contributed by atoms with Crippen molar-refractivity contribution in [3.63, 3.8) is 0 Å². The van der Waals surface area contributed by atoms with Gasteiger partial charge in [-0.15, -0.1) is 0 Å². The molecule has 2 atom stereocenters. The fourth-order valence-electron chi connectivity index (χ4n) is 5.70. The highest BCUT2D eigenvalue weighted by Crippen LogP contribution is 2.34. The van der Waals surface area contributed by atoms with E-state index in [9.17, 15) is 0 Å². The van der Waals surface area contributed by atoms with Crippen LogP contribution in [-0.2, 0) is 0 Å². The molecule has 0 spiro atoms. The van der Waals surface area contributed by atoms with Crippen molar-refractivity contribution in [2.75, 3.05) is 19.6 Å². The average molecular weight is 464 g/mol. The number of rotatable bonds is 5. The maximum atomic E-state index is 6.46. The molecular formula is C33H37NO. The number of likely N-dealkylation sites (tertiary alicyclic amines) is 1. The monoisotopic (exact) mass is 463 g/mol. The number of piperidine rings is 1. The van der Waals surface area contributed by atoms with Gasteiger partial charge in [-0.3, -0.25) is 0 Å². The van der Waals surface area contributed by atoms with Crippen LogP contribution in [0.3, 0.4) is 0 Å². The summed E-state index contributed by atoms with van der Waals surface area (Å²) in [5.74, 6) is 2.58. The van der Waals surface area contributed by atoms with Crippen molar-refractivity contribution in [3.05, 3.63) is 115 Å². The molecule has 2 fully saturated rings. The Morgan fingerprint density at radius 1 is 0.629 bits per heavy atom. The lowest BCUT2D eigenvalue weighted by Crippen LogP contribution is -2.36. The molecule has 35 heavy (non-hydrogen) atoms. The fourth-order valence-corrected chi connectivity index (χ4v) is 5.70. The Bertz CT molecular complexity index is 1120. The lowest BCUT2D eigenvalue weighted by molar-refractivity contribution is 0.168. The lowest BCUT2D eigenvalue weighted by atomic mass is 9.89. The summed E-state index contributed by atoms with van der Waals surface area (Å²) in [6.07, 6.45) is 6.65. The van der Waals surface area contributed by atoms with E-state index in [2.05, 4.69) is 77.7 Å². The molecule has 0 N–H and O–H groups in total. The van der Waals surface area contributed by atoms with E-state index in [0.717, 1.165) is 17.6 Å². The van der Waals surface area contributed by atoms with Crippen LogP contribution in [0.5, 0.6) is 5.75 Å². The summed E-state index contributed by atoms with van der Waals surface area (Å²) >= 11 is 0. The topological polar surface area (TPSA) is 12.5 Å². The van der Waals surface area contributed by atoms with Gasteiger partial charge in [-0.05, 0) is 74.0 Å². The first-order chi connectivity index (χ1) is 17.3. The van der Waals surface area contributed by atoms with Crippen LogP contribution in [0.15, 0.2) is 109 Å². The van der Waals surface area contributed by atoms with E-state index in [1.165, 1.54) is 68.1 Å². The van der Waals surface area contributed by atoms with Crippen LogP contribution >= 0.6 is 0 Å². The molecule has 1 saturated carbocycles. The first-order valence-electron chi connectivity index (χ1n) is 13.3. The Kier molecular flexibility index (Phi) is 8.13. The molecule has 1 aliphatic carbocycles. The number of fused-ring (bicyclic) bond motifs is 1. The molecule has 2 aliphatic rings. The summed E-state index contributed by atoms with van der Waals surface area (Å²) < 4.78 is 6.46. The highest BCUT2D eigenvalue weighted by molar-refractivity contribution is 5.88. The molecule has 0 radical (unpaired) electrons. The molecule has 4 aromatic rings. The first-order valence-corrected chi connectivity index (χ1v) is 13.3. The number of nitrogens with zero attached hydrogens (tertiary/aromatic N) is 1. The lowest BCUT2D eigenvalue weighted by Gasteiger charge is -2.33. The second-order valence-corrected chi connectivity index (χ2v) is 10.0. The van der Waals surface area contributed by atoms with Crippen molar-refractivity contribution in [2.45, 2.75) is 44.1 Å². The molecule has 1 heterocycles. The fraction of sp³-hybridized carbons (Fsp3) is 0.333. The summed E-state index contributed by atoms with van der Waals surface area (Å²) in [6, 6.07) is 38.0. The normalized spacial score (nSPS) is 20.8. The molecule has 0 amide bonds. The van der Waals surface area contributed by atoms with E-state index in [1.807, 2.05) is 36.4 Å². The van der Waals surface area contributed by atoms with E-state index in [1.54, 1.807) is 0 Å². The largest absolute Gasteiger partial charge is 0.490 e. The summed E-state index contributed by atoms with van der Waals surface area (Å²) in [4.78, 5) is 2.70. The number of hydrogen-bond donors (Lipinski definition) is 0. The van der Waals surface area contributed by atoms with E-state index in [-0.39, 0.29) is 0 Å². The van der Waals surface area contributed by atoms with Crippen LogP contribution in [0.1, 0.15) is 43.6 Å². The van der Waals surface area contributed by atoms with Gasteiger partial charge in [-0.1, -0.05) is 103 Å². The Morgan fingerprint density at radius 3 is 2.00 bits per heavy atom. The van der Waals surface area contributed by atoms with Gasteiger partial charge in [0.15, 0.2) is 0 Å². The highest BCUT2D eigenvalue weighted by Gasteiger charge is 2.29. The zero-order valence-corrected chi connectivity index (χ0v) is 20.6. The van der Waals surface area contributed by atoms with Gasteiger partial charge in [-0.25, -0.2) is 0 Å². The van der Waals surface area contributed by atoms with E-state index in [4.69, 9.17) is 4.74 Å². The van der Waals surface area contributed by atoms with Gasteiger partial charge >= 0.3 is 0 Å². The van der Waals surface area contributed by atoms with Crippen LogP contribution in [-0.4, -0.2) is 30.6 Å². The molecule has 4 aromatic carbocycles. The third-order valence-corrected chi connectivity index (χ3v) is 7.58. The maximum Gasteiger partial charge on any atom is 0.127 e. The van der Waals surface area contributed by atoms with Gasteiger partial charge in [0.1, 0.15) is 5.75 Å². The number of ether oxygens (including phenoxy) is 1. The number of benzene rings is 4. The predicted molar refractivity (Wildman–Crippen MR) is 147 cm³/mol. The molecule has 2 unspecified atom stereocenters. The Labute approximate surface area is 210 Å². The molecule has 2 heteroatoms. The molecular weight excluding hydrogens is 426 g/mol. The highest BCUT2D eigenvalue weighted by atomic mass is 16.5. The van der Waals surface area contributed by atoms with Crippen molar-refractivity contribution in [1.82, 2.24) is 4.90 Å². The van der Waals surface area contributed by atoms with Crippen LogP contribution in [0.2, 0.25) is 0 Å².